The Bertz CT molecular complexity index is 2150. The summed E-state index contributed by atoms with van der Waals surface area (Å²) in [5.41, 5.74) is 0.219. The average Bonchev–Trinajstić information content (AvgIpc) is 3.70. The molecule has 5 rings (SSSR count). The summed E-state index contributed by atoms with van der Waals surface area (Å²) in [6, 6.07) is 11.4. The van der Waals surface area contributed by atoms with Gasteiger partial charge < -0.3 is 29.2 Å². The Hall–Kier alpha value is -6.17. The molecule has 4 amide bonds. The molecular weight excluding hydrogens is 803 g/mol. The molecule has 334 valence electrons. The summed E-state index contributed by atoms with van der Waals surface area (Å²) in [7, 11) is 0. The fourth-order valence-corrected chi connectivity index (χ4v) is 7.19. The van der Waals surface area contributed by atoms with Gasteiger partial charge in [-0.2, -0.15) is 15.0 Å². The van der Waals surface area contributed by atoms with Gasteiger partial charge in [0.1, 0.15) is 23.3 Å². The third-order valence-corrected chi connectivity index (χ3v) is 9.62. The smallest absolute Gasteiger partial charge is 0.436 e. The van der Waals surface area contributed by atoms with Crippen LogP contribution in [0.1, 0.15) is 116 Å². The van der Waals surface area contributed by atoms with Gasteiger partial charge in [-0.1, -0.05) is 36.4 Å². The predicted molar refractivity (Wildman–Crippen MR) is 226 cm³/mol. The zero-order valence-corrected chi connectivity index (χ0v) is 37.1. The van der Waals surface area contributed by atoms with Gasteiger partial charge >= 0.3 is 24.2 Å². The van der Waals surface area contributed by atoms with E-state index in [0.29, 0.717) is 22.4 Å². The van der Waals surface area contributed by atoms with Crippen molar-refractivity contribution in [3.63, 3.8) is 0 Å². The van der Waals surface area contributed by atoms with Gasteiger partial charge in [-0.25, -0.2) is 14.4 Å². The number of aromatic nitrogens is 2. The molecule has 62 heavy (non-hydrogen) atoms. The topological polar surface area (TPSA) is 214 Å². The van der Waals surface area contributed by atoms with Crippen LogP contribution in [0.25, 0.3) is 0 Å². The number of rotatable bonds is 11. The van der Waals surface area contributed by atoms with Crippen LogP contribution in [0.15, 0.2) is 59.7 Å². The van der Waals surface area contributed by atoms with Crippen LogP contribution in [0, 0.1) is 10.1 Å². The molecule has 18 nitrogen and oxygen atoms in total. The molecule has 2 unspecified atom stereocenters. The van der Waals surface area contributed by atoms with E-state index < -0.39 is 52.0 Å². The van der Waals surface area contributed by atoms with E-state index >= 15 is 0 Å². The van der Waals surface area contributed by atoms with Gasteiger partial charge in [-0.15, -0.1) is 0 Å². The second-order valence-corrected chi connectivity index (χ2v) is 18.2. The van der Waals surface area contributed by atoms with E-state index in [0.717, 1.165) is 24.1 Å². The second-order valence-electron chi connectivity index (χ2n) is 18.2. The number of nitrogens with one attached hydrogen (secondary N) is 1. The number of non-ortho nitro benzene ring substituents is 1. The van der Waals surface area contributed by atoms with Gasteiger partial charge in [-0.3, -0.25) is 24.4 Å². The molecule has 0 aliphatic carbocycles. The van der Waals surface area contributed by atoms with Crippen LogP contribution in [0.3, 0.4) is 0 Å². The van der Waals surface area contributed by atoms with Gasteiger partial charge in [-0.05, 0) is 99.6 Å². The molecule has 1 fully saturated rings. The third-order valence-electron chi connectivity index (χ3n) is 9.62. The molecule has 2 aromatic carbocycles. The highest BCUT2D eigenvalue weighted by Crippen LogP contribution is 2.44. The van der Waals surface area contributed by atoms with E-state index in [4.69, 9.17) is 18.9 Å². The number of carbonyl (C=O) groups is 5. The van der Waals surface area contributed by atoms with Crippen molar-refractivity contribution < 1.29 is 47.8 Å². The molecule has 0 saturated carbocycles. The zero-order chi connectivity index (χ0) is 45.7. The molecular formula is C44H57N7O11. The Kier molecular flexibility index (Phi) is 14.2. The first-order chi connectivity index (χ1) is 28.9. The van der Waals surface area contributed by atoms with E-state index in [1.54, 1.807) is 110 Å². The van der Waals surface area contributed by atoms with Crippen molar-refractivity contribution in [2.24, 2.45) is 4.99 Å². The highest BCUT2D eigenvalue weighted by Gasteiger charge is 2.46. The number of nitrogens with zero attached hydrogens (tertiary/aromatic N) is 6. The SMILES string of the molecule is CCOC(=O)Cn1cc2c(n1)CC1CCC2N1C(=O)[C@H](Cc1ccc([N+](=O)[O-])cc1)NCc1ccc(C(=NC(=O)OC(C)(C)C)N(C(=O)OC(C)(C)C)C(=O)OC(C)(C)C)cc1. The van der Waals surface area contributed by atoms with E-state index in [1.165, 1.54) is 12.1 Å². The lowest BCUT2D eigenvalue weighted by Crippen LogP contribution is -2.51. The molecule has 1 N–H and O–H groups in total. The maximum Gasteiger partial charge on any atom is 0.436 e. The minimum absolute atomic E-state index is 0.0380. The summed E-state index contributed by atoms with van der Waals surface area (Å²) in [5, 5.41) is 19.4. The Morgan fingerprint density at radius 3 is 2.00 bits per heavy atom. The van der Waals surface area contributed by atoms with Gasteiger partial charge in [0.05, 0.1) is 29.3 Å². The number of imide groups is 1. The van der Waals surface area contributed by atoms with Gasteiger partial charge in [0.25, 0.3) is 5.69 Å². The number of nitro groups is 1. The number of fused-ring (bicyclic) bond motifs is 4. The number of amidine groups is 1. The molecule has 3 aromatic rings. The molecule has 2 aliphatic heterocycles. The Morgan fingerprint density at radius 2 is 1.45 bits per heavy atom. The van der Waals surface area contributed by atoms with E-state index in [9.17, 15) is 34.1 Å². The fraction of sp³-hybridized carbons (Fsp3) is 0.523. The quantitative estimate of drug-likeness (QED) is 0.0505. The lowest BCUT2D eigenvalue weighted by atomic mass is 9.97. The normalized spacial score (nSPS) is 16.8. The third kappa shape index (κ3) is 12.5. The number of esters is 1. The van der Waals surface area contributed by atoms with Crippen LogP contribution in [-0.4, -0.2) is 96.0 Å². The summed E-state index contributed by atoms with van der Waals surface area (Å²) in [4.78, 5) is 84.8. The predicted octanol–water partition coefficient (Wildman–Crippen LogP) is 7.20. The Morgan fingerprint density at radius 1 is 0.871 bits per heavy atom. The summed E-state index contributed by atoms with van der Waals surface area (Å²) in [5.74, 6) is -0.951. The number of benzene rings is 2. The monoisotopic (exact) mass is 859 g/mol. The van der Waals surface area contributed by atoms with Gasteiger partial charge in [0.15, 0.2) is 5.84 Å². The van der Waals surface area contributed by atoms with Crippen LogP contribution in [0.5, 0.6) is 0 Å². The van der Waals surface area contributed by atoms with Crippen LogP contribution in [0.2, 0.25) is 0 Å². The number of ether oxygens (including phenoxy) is 4. The van der Waals surface area contributed by atoms with Crippen molar-refractivity contribution in [3.05, 3.63) is 92.8 Å². The maximum atomic E-state index is 14.7. The van der Waals surface area contributed by atoms with Crippen LogP contribution < -0.4 is 5.32 Å². The molecule has 1 saturated heterocycles. The van der Waals surface area contributed by atoms with Crippen molar-refractivity contribution in [2.45, 2.75) is 143 Å². The van der Waals surface area contributed by atoms with E-state index in [2.05, 4.69) is 15.4 Å². The highest BCUT2D eigenvalue weighted by atomic mass is 16.6. The van der Waals surface area contributed by atoms with Crippen LogP contribution >= 0.6 is 0 Å². The lowest BCUT2D eigenvalue weighted by molar-refractivity contribution is -0.384. The molecule has 18 heteroatoms. The first-order valence-corrected chi connectivity index (χ1v) is 20.6. The minimum atomic E-state index is -1.13. The first-order valence-electron chi connectivity index (χ1n) is 20.6. The van der Waals surface area contributed by atoms with Crippen molar-refractivity contribution >= 4 is 41.7 Å². The standard InChI is InChI=1S/C44H57N7O11/c1-11-59-36(52)26-48-25-32-33(47-48)23-31-20-21-35(32)49(31)38(53)34(22-27-14-18-30(19-15-27)51(57)58)45-24-28-12-16-29(17-13-28)37(46-39(54)60-42(2,3)4)50(40(55)61-43(5,6)7)41(56)62-44(8,9)10/h12-19,25,31,34-35,45H,11,20-24,26H2,1-10H3/t31?,34-,35?/m0/s1. The molecule has 1 aromatic heterocycles. The molecule has 3 heterocycles. The maximum absolute atomic E-state index is 14.7. The van der Waals surface area contributed by atoms with Gasteiger partial charge in [0, 0.05) is 48.5 Å². The number of amides is 4. The summed E-state index contributed by atoms with van der Waals surface area (Å²) in [6.07, 6.45) is 0.725. The van der Waals surface area contributed by atoms with E-state index in [1.807, 2.05) is 11.1 Å². The minimum Gasteiger partial charge on any atom is -0.465 e. The zero-order valence-electron chi connectivity index (χ0n) is 37.1. The lowest BCUT2D eigenvalue weighted by Gasteiger charge is -2.37. The second kappa shape index (κ2) is 18.8. The summed E-state index contributed by atoms with van der Waals surface area (Å²) < 4.78 is 23.2. The summed E-state index contributed by atoms with van der Waals surface area (Å²) >= 11 is 0. The van der Waals surface area contributed by atoms with Crippen molar-refractivity contribution in [2.75, 3.05) is 6.61 Å². The van der Waals surface area contributed by atoms with Crippen molar-refractivity contribution in [3.8, 4) is 0 Å². The molecule has 0 radical (unpaired) electrons. The molecule has 2 aliphatic rings. The van der Waals surface area contributed by atoms with Gasteiger partial charge in [0.2, 0.25) is 5.91 Å². The number of hydrogen-bond acceptors (Lipinski definition) is 13. The number of nitro benzene ring substituents is 1. The highest BCUT2D eigenvalue weighted by molar-refractivity contribution is 6.18. The van der Waals surface area contributed by atoms with Crippen molar-refractivity contribution in [1.82, 2.24) is 24.9 Å². The number of aliphatic imine (C=N–C) groups is 1. The van der Waals surface area contributed by atoms with Crippen LogP contribution in [-0.2, 0) is 54.5 Å². The number of hydrogen-bond donors (Lipinski definition) is 1. The first kappa shape index (κ1) is 46.9. The Balaban J connectivity index is 1.45. The number of carbonyl (C=O) groups excluding carboxylic acids is 5. The Labute approximate surface area is 361 Å². The summed E-state index contributed by atoms with van der Waals surface area (Å²) in [6.45, 7) is 16.8. The fourth-order valence-electron chi connectivity index (χ4n) is 7.19. The van der Waals surface area contributed by atoms with Crippen LogP contribution in [0.4, 0.5) is 20.1 Å². The van der Waals surface area contributed by atoms with Crippen molar-refractivity contribution in [1.29, 1.82) is 0 Å². The molecule has 2 bridgehead atoms. The average molecular weight is 860 g/mol. The largest absolute Gasteiger partial charge is 0.465 e. The van der Waals surface area contributed by atoms with E-state index in [-0.39, 0.29) is 61.2 Å². The molecule has 3 atom stereocenters. The molecule has 0 spiro atoms.